The molecule has 0 saturated carbocycles. The third-order valence-corrected chi connectivity index (χ3v) is 15.9. The Labute approximate surface area is 515 Å². The van der Waals surface area contributed by atoms with E-state index in [1.807, 2.05) is 0 Å². The Kier molecular flexibility index (Phi) is 68.2. The van der Waals surface area contributed by atoms with Crippen LogP contribution in [0.3, 0.4) is 0 Å². The predicted molar refractivity (Wildman–Crippen MR) is 362 cm³/mol. The lowest BCUT2D eigenvalue weighted by atomic mass is 10.0. The van der Waals surface area contributed by atoms with Gasteiger partial charge >= 0.3 is 17.9 Å². The SMILES string of the molecule is CC/C=C\C/C=C\C/C=C\C/C=C\CCCCCCCCCCCCCCCCCCCCCCCCC(=O)OCC(COC(=O)CCCCCCCCCCC)OC(=O)CCCCCCCC/C=C\C/C=C\C/C=C\CCCCCCC. The topological polar surface area (TPSA) is 78.9 Å². The molecule has 0 aromatic heterocycles. The van der Waals surface area contributed by atoms with Crippen molar-refractivity contribution in [2.24, 2.45) is 0 Å². The van der Waals surface area contributed by atoms with Crippen LogP contribution in [-0.4, -0.2) is 37.2 Å². The monoisotopic (exact) mass is 1160 g/mol. The van der Waals surface area contributed by atoms with Crippen LogP contribution >= 0.6 is 0 Å². The van der Waals surface area contributed by atoms with Gasteiger partial charge < -0.3 is 14.2 Å². The summed E-state index contributed by atoms with van der Waals surface area (Å²) >= 11 is 0. The third-order valence-electron chi connectivity index (χ3n) is 15.9. The molecule has 0 spiro atoms. The van der Waals surface area contributed by atoms with E-state index in [4.69, 9.17) is 14.2 Å². The molecule has 1 unspecified atom stereocenters. The molecule has 0 fully saturated rings. The minimum absolute atomic E-state index is 0.0763. The molecule has 83 heavy (non-hydrogen) atoms. The Hall–Kier alpha value is -3.41. The molecular weight excluding hydrogens is 1020 g/mol. The van der Waals surface area contributed by atoms with Crippen molar-refractivity contribution in [1.82, 2.24) is 0 Å². The minimum atomic E-state index is -0.780. The van der Waals surface area contributed by atoms with Gasteiger partial charge in [0, 0.05) is 19.3 Å². The number of hydrogen-bond acceptors (Lipinski definition) is 6. The van der Waals surface area contributed by atoms with Crippen LogP contribution in [0.5, 0.6) is 0 Å². The van der Waals surface area contributed by atoms with Crippen molar-refractivity contribution in [3.63, 3.8) is 0 Å². The zero-order valence-electron chi connectivity index (χ0n) is 55.2. The van der Waals surface area contributed by atoms with E-state index in [2.05, 4.69) is 106 Å². The number of carbonyl (C=O) groups is 3. The van der Waals surface area contributed by atoms with Crippen LogP contribution in [-0.2, 0) is 28.6 Å². The summed E-state index contributed by atoms with van der Waals surface area (Å²) in [6, 6.07) is 0. The molecule has 0 aliphatic heterocycles. The van der Waals surface area contributed by atoms with E-state index in [9.17, 15) is 14.4 Å². The molecular formula is C77H136O6. The lowest BCUT2D eigenvalue weighted by molar-refractivity contribution is -0.167. The maximum absolute atomic E-state index is 12.9. The fraction of sp³-hybridized carbons (Fsp3) is 0.779. The molecule has 0 aromatic rings. The molecule has 0 N–H and O–H groups in total. The molecule has 0 saturated heterocycles. The van der Waals surface area contributed by atoms with Crippen LogP contribution in [0.4, 0.5) is 0 Å². The quantitative estimate of drug-likeness (QED) is 0.0261. The lowest BCUT2D eigenvalue weighted by Crippen LogP contribution is -2.30. The summed E-state index contributed by atoms with van der Waals surface area (Å²) in [7, 11) is 0. The van der Waals surface area contributed by atoms with Gasteiger partial charge in [-0.25, -0.2) is 0 Å². The van der Waals surface area contributed by atoms with Gasteiger partial charge in [0.05, 0.1) is 0 Å². The Balaban J connectivity index is 4.06. The van der Waals surface area contributed by atoms with Crippen LogP contribution in [0, 0.1) is 0 Å². The maximum Gasteiger partial charge on any atom is 0.306 e. The number of rotatable bonds is 66. The van der Waals surface area contributed by atoms with Gasteiger partial charge in [0.1, 0.15) is 13.2 Å². The normalized spacial score (nSPS) is 12.6. The average molecular weight is 1160 g/mol. The van der Waals surface area contributed by atoms with Gasteiger partial charge in [-0.1, -0.05) is 337 Å². The van der Waals surface area contributed by atoms with Gasteiger partial charge in [0.2, 0.25) is 0 Å². The van der Waals surface area contributed by atoms with E-state index in [1.165, 1.54) is 225 Å². The first-order valence-corrected chi connectivity index (χ1v) is 36.1. The van der Waals surface area contributed by atoms with Crippen molar-refractivity contribution in [3.05, 3.63) is 85.1 Å². The summed E-state index contributed by atoms with van der Waals surface area (Å²) in [6.45, 7) is 6.53. The van der Waals surface area contributed by atoms with Crippen molar-refractivity contribution in [1.29, 1.82) is 0 Å². The summed E-state index contributed by atoms with van der Waals surface area (Å²) in [6.07, 6.45) is 95.0. The predicted octanol–water partition coefficient (Wildman–Crippen LogP) is 25.0. The molecule has 0 radical (unpaired) electrons. The summed E-state index contributed by atoms with van der Waals surface area (Å²) in [5.41, 5.74) is 0. The molecule has 0 aromatic carbocycles. The molecule has 0 heterocycles. The number of allylic oxidation sites excluding steroid dienone is 14. The fourth-order valence-corrected chi connectivity index (χ4v) is 10.5. The van der Waals surface area contributed by atoms with Crippen LogP contribution in [0.1, 0.15) is 367 Å². The standard InChI is InChI=1S/C77H136O6/c1-4-7-10-13-16-19-21-23-25-27-29-31-32-33-34-35-36-37-38-39-40-41-42-43-44-46-47-49-51-53-55-58-61-64-67-70-76(79)82-73-74(72-81-75(78)69-66-63-60-57-18-15-12-9-6-3)83-77(80)71-68-65-62-59-56-54-52-50-48-45-30-28-26-24-22-20-17-14-11-8-5-2/h7,10,16,19,22-25,28-31,48,50,74H,4-6,8-9,11-15,17-18,20-21,26-27,32-47,49,51-73H2,1-3H3/b10-7-,19-16-,24-22-,25-23-,30-28-,31-29-,50-48-. The van der Waals surface area contributed by atoms with Crippen molar-refractivity contribution in [2.75, 3.05) is 13.2 Å². The molecule has 0 aliphatic rings. The number of hydrogen-bond donors (Lipinski definition) is 0. The van der Waals surface area contributed by atoms with E-state index in [0.717, 1.165) is 103 Å². The van der Waals surface area contributed by atoms with Gasteiger partial charge in [0.15, 0.2) is 6.10 Å². The molecule has 6 heteroatoms. The number of unbranched alkanes of at least 4 members (excludes halogenated alkanes) is 41. The summed E-state index contributed by atoms with van der Waals surface area (Å²) in [5.74, 6) is -0.872. The highest BCUT2D eigenvalue weighted by atomic mass is 16.6. The van der Waals surface area contributed by atoms with Crippen molar-refractivity contribution in [2.45, 2.75) is 374 Å². The highest BCUT2D eigenvalue weighted by molar-refractivity contribution is 5.71. The van der Waals surface area contributed by atoms with Crippen LogP contribution in [0.15, 0.2) is 85.1 Å². The van der Waals surface area contributed by atoms with Gasteiger partial charge in [-0.3, -0.25) is 14.4 Å². The molecule has 0 amide bonds. The number of ether oxygens (including phenoxy) is 3. The average Bonchev–Trinajstić information content (AvgIpc) is 3.49. The first kappa shape index (κ1) is 79.6. The smallest absolute Gasteiger partial charge is 0.306 e. The third kappa shape index (κ3) is 69.3. The fourth-order valence-electron chi connectivity index (χ4n) is 10.5. The highest BCUT2D eigenvalue weighted by Gasteiger charge is 2.19. The zero-order chi connectivity index (χ0) is 59.9. The summed E-state index contributed by atoms with van der Waals surface area (Å²) in [4.78, 5) is 38.3. The Morgan fingerprint density at radius 1 is 0.253 bits per heavy atom. The second-order valence-electron chi connectivity index (χ2n) is 24.1. The van der Waals surface area contributed by atoms with Gasteiger partial charge in [0.25, 0.3) is 0 Å². The van der Waals surface area contributed by atoms with E-state index in [0.29, 0.717) is 19.3 Å². The largest absolute Gasteiger partial charge is 0.462 e. The zero-order valence-corrected chi connectivity index (χ0v) is 55.2. The van der Waals surface area contributed by atoms with Gasteiger partial charge in [-0.15, -0.1) is 0 Å². The highest BCUT2D eigenvalue weighted by Crippen LogP contribution is 2.18. The second kappa shape index (κ2) is 71.1. The van der Waals surface area contributed by atoms with E-state index >= 15 is 0 Å². The Morgan fingerprint density at radius 3 is 0.735 bits per heavy atom. The molecule has 0 bridgehead atoms. The lowest BCUT2D eigenvalue weighted by Gasteiger charge is -2.18. The van der Waals surface area contributed by atoms with Crippen LogP contribution < -0.4 is 0 Å². The van der Waals surface area contributed by atoms with Crippen molar-refractivity contribution in [3.8, 4) is 0 Å². The van der Waals surface area contributed by atoms with Crippen molar-refractivity contribution >= 4 is 17.9 Å². The first-order valence-electron chi connectivity index (χ1n) is 36.1. The summed E-state index contributed by atoms with van der Waals surface area (Å²) < 4.78 is 16.9. The van der Waals surface area contributed by atoms with E-state index in [-0.39, 0.29) is 31.1 Å². The molecule has 480 valence electrons. The molecule has 6 nitrogen and oxygen atoms in total. The van der Waals surface area contributed by atoms with E-state index in [1.54, 1.807) is 0 Å². The number of carbonyl (C=O) groups excluding carboxylic acids is 3. The Bertz CT molecular complexity index is 1570. The number of esters is 3. The van der Waals surface area contributed by atoms with Crippen LogP contribution in [0.2, 0.25) is 0 Å². The van der Waals surface area contributed by atoms with Gasteiger partial charge in [-0.05, 0) is 96.3 Å². The van der Waals surface area contributed by atoms with Crippen molar-refractivity contribution < 1.29 is 28.6 Å². The molecule has 0 aliphatic carbocycles. The van der Waals surface area contributed by atoms with E-state index < -0.39 is 6.10 Å². The van der Waals surface area contributed by atoms with Gasteiger partial charge in [-0.2, -0.15) is 0 Å². The summed E-state index contributed by atoms with van der Waals surface area (Å²) in [5, 5.41) is 0. The minimum Gasteiger partial charge on any atom is -0.462 e. The molecule has 0 rings (SSSR count). The second-order valence-corrected chi connectivity index (χ2v) is 24.1. The Morgan fingerprint density at radius 2 is 0.470 bits per heavy atom. The first-order chi connectivity index (χ1) is 41.0. The maximum atomic E-state index is 12.9. The van der Waals surface area contributed by atoms with Crippen LogP contribution in [0.25, 0.3) is 0 Å². The molecule has 1 atom stereocenters.